The van der Waals surface area contributed by atoms with Gasteiger partial charge in [0.25, 0.3) is 0 Å². The fourth-order valence-electron chi connectivity index (χ4n) is 2.18. The average molecular weight is 433 g/mol. The zero-order chi connectivity index (χ0) is 18.4. The van der Waals surface area contributed by atoms with Crippen LogP contribution in [0.2, 0.25) is 5.02 Å². The number of carboxylic acids is 1. The molecule has 2 aromatic carbocycles. The molecule has 0 fully saturated rings. The molecule has 0 unspecified atom stereocenters. The molecule has 0 atom stereocenters. The molecule has 0 saturated heterocycles. The Morgan fingerprint density at radius 1 is 1.32 bits per heavy atom. The molecule has 0 aromatic heterocycles. The predicted molar refractivity (Wildman–Crippen MR) is 95.8 cm³/mol. The first-order chi connectivity index (χ1) is 11.9. The highest BCUT2D eigenvalue weighted by Crippen LogP contribution is 2.37. The zero-order valence-corrected chi connectivity index (χ0v) is 15.7. The SMILES string of the molecule is COc1ccc(Br)c(CNCC(=O)O)c1OCc1c(F)cccc1Cl. The van der Waals surface area contributed by atoms with Crippen LogP contribution < -0.4 is 14.8 Å². The molecule has 2 N–H and O–H groups in total. The van der Waals surface area contributed by atoms with E-state index in [2.05, 4.69) is 21.2 Å². The van der Waals surface area contributed by atoms with Crippen molar-refractivity contribution in [1.82, 2.24) is 5.32 Å². The molecule has 0 aliphatic heterocycles. The van der Waals surface area contributed by atoms with Gasteiger partial charge in [0.15, 0.2) is 11.5 Å². The van der Waals surface area contributed by atoms with E-state index in [4.69, 9.17) is 26.2 Å². The molecule has 5 nitrogen and oxygen atoms in total. The van der Waals surface area contributed by atoms with Gasteiger partial charge in [0.1, 0.15) is 12.4 Å². The molecule has 0 aliphatic rings. The van der Waals surface area contributed by atoms with Gasteiger partial charge in [-0.05, 0) is 24.3 Å². The largest absolute Gasteiger partial charge is 0.493 e. The van der Waals surface area contributed by atoms with Gasteiger partial charge in [-0.2, -0.15) is 0 Å². The van der Waals surface area contributed by atoms with Crippen molar-refractivity contribution in [3.05, 3.63) is 56.8 Å². The first-order valence-corrected chi connectivity index (χ1v) is 8.44. The van der Waals surface area contributed by atoms with Gasteiger partial charge < -0.3 is 19.9 Å². The van der Waals surface area contributed by atoms with E-state index in [0.717, 1.165) is 0 Å². The topological polar surface area (TPSA) is 67.8 Å². The summed E-state index contributed by atoms with van der Waals surface area (Å²) in [4.78, 5) is 10.7. The van der Waals surface area contributed by atoms with E-state index in [1.807, 2.05) is 0 Å². The molecular weight excluding hydrogens is 417 g/mol. The molecule has 0 saturated carbocycles. The van der Waals surface area contributed by atoms with Crippen LogP contribution >= 0.6 is 27.5 Å². The molecule has 134 valence electrons. The van der Waals surface area contributed by atoms with Crippen molar-refractivity contribution in [3.63, 3.8) is 0 Å². The lowest BCUT2D eigenvalue weighted by Crippen LogP contribution is -2.22. The van der Waals surface area contributed by atoms with Crippen LogP contribution in [0.3, 0.4) is 0 Å². The monoisotopic (exact) mass is 431 g/mol. The summed E-state index contributed by atoms with van der Waals surface area (Å²) in [6.07, 6.45) is 0. The van der Waals surface area contributed by atoms with Crippen LogP contribution in [-0.4, -0.2) is 24.7 Å². The van der Waals surface area contributed by atoms with Crippen molar-refractivity contribution in [2.24, 2.45) is 0 Å². The molecule has 2 rings (SSSR count). The van der Waals surface area contributed by atoms with Gasteiger partial charge in [-0.3, -0.25) is 4.79 Å². The predicted octanol–water partition coefficient (Wildman–Crippen LogP) is 4.00. The third-order valence-electron chi connectivity index (χ3n) is 3.39. The summed E-state index contributed by atoms with van der Waals surface area (Å²) in [6.45, 7) is -0.0725. The number of ether oxygens (including phenoxy) is 2. The number of hydrogen-bond donors (Lipinski definition) is 2. The van der Waals surface area contributed by atoms with E-state index in [0.29, 0.717) is 21.5 Å². The van der Waals surface area contributed by atoms with Gasteiger partial charge in [-0.25, -0.2) is 4.39 Å². The highest BCUT2D eigenvalue weighted by molar-refractivity contribution is 9.10. The number of nitrogens with one attached hydrogen (secondary N) is 1. The van der Waals surface area contributed by atoms with Crippen LogP contribution in [0, 0.1) is 5.82 Å². The van der Waals surface area contributed by atoms with Gasteiger partial charge >= 0.3 is 5.97 Å². The van der Waals surface area contributed by atoms with Crippen LogP contribution in [0.25, 0.3) is 0 Å². The van der Waals surface area contributed by atoms with Crippen LogP contribution in [0.5, 0.6) is 11.5 Å². The van der Waals surface area contributed by atoms with E-state index in [9.17, 15) is 9.18 Å². The Kier molecular flexibility index (Phi) is 7.04. The minimum absolute atomic E-state index is 0.0930. The molecule has 25 heavy (non-hydrogen) atoms. The molecule has 8 heteroatoms. The van der Waals surface area contributed by atoms with Crippen molar-refractivity contribution in [2.75, 3.05) is 13.7 Å². The van der Waals surface area contributed by atoms with E-state index in [-0.39, 0.29) is 30.3 Å². The summed E-state index contributed by atoms with van der Waals surface area (Å²) in [7, 11) is 1.49. The third kappa shape index (κ3) is 5.07. The number of rotatable bonds is 8. The maximum atomic E-state index is 13.9. The summed E-state index contributed by atoms with van der Waals surface area (Å²) >= 11 is 9.43. The molecule has 0 aliphatic carbocycles. The number of methoxy groups -OCH3 is 1. The smallest absolute Gasteiger partial charge is 0.317 e. The maximum Gasteiger partial charge on any atom is 0.317 e. The molecule has 0 bridgehead atoms. The Balaban J connectivity index is 2.28. The number of carboxylic acid groups (broad SMARTS) is 1. The molecule has 0 spiro atoms. The maximum absolute atomic E-state index is 13.9. The second-order valence-electron chi connectivity index (χ2n) is 5.04. The lowest BCUT2D eigenvalue weighted by Gasteiger charge is -2.17. The molecule has 0 radical (unpaired) electrons. The van der Waals surface area contributed by atoms with Gasteiger partial charge in [0, 0.05) is 22.1 Å². The second-order valence-corrected chi connectivity index (χ2v) is 6.31. The molecule has 2 aromatic rings. The minimum atomic E-state index is -0.973. The van der Waals surface area contributed by atoms with E-state index < -0.39 is 11.8 Å². The number of aliphatic carboxylic acids is 1. The van der Waals surface area contributed by atoms with Crippen molar-refractivity contribution in [1.29, 1.82) is 0 Å². The first kappa shape index (κ1) is 19.5. The summed E-state index contributed by atoms with van der Waals surface area (Å²) in [5.74, 6) is -0.608. The Labute approximate surface area is 157 Å². The van der Waals surface area contributed by atoms with Crippen LogP contribution in [-0.2, 0) is 17.9 Å². The number of hydrogen-bond acceptors (Lipinski definition) is 4. The average Bonchev–Trinajstić information content (AvgIpc) is 2.56. The van der Waals surface area contributed by atoms with Gasteiger partial charge in [0.05, 0.1) is 18.7 Å². The first-order valence-electron chi connectivity index (χ1n) is 7.27. The fraction of sp³-hybridized carbons (Fsp3) is 0.235. The number of carbonyl (C=O) groups is 1. The van der Waals surface area contributed by atoms with Crippen molar-refractivity contribution >= 4 is 33.5 Å². The standard InChI is InChI=1S/C17H16BrClFNO4/c1-24-15-6-5-12(18)10(7-21-8-16(22)23)17(15)25-9-11-13(19)3-2-4-14(11)20/h2-6,21H,7-9H2,1H3,(H,22,23). The summed E-state index contributed by atoms with van der Waals surface area (Å²) in [5, 5.41) is 11.8. The number of halogens is 3. The minimum Gasteiger partial charge on any atom is -0.493 e. The van der Waals surface area contributed by atoms with E-state index >= 15 is 0 Å². The normalized spacial score (nSPS) is 10.6. The van der Waals surface area contributed by atoms with E-state index in [1.165, 1.54) is 19.2 Å². The Hall–Kier alpha value is -1.83. The van der Waals surface area contributed by atoms with Gasteiger partial charge in [0.2, 0.25) is 0 Å². The Bertz CT molecular complexity index is 752. The van der Waals surface area contributed by atoms with Crippen molar-refractivity contribution in [2.45, 2.75) is 13.2 Å². The highest BCUT2D eigenvalue weighted by Gasteiger charge is 2.16. The zero-order valence-electron chi connectivity index (χ0n) is 13.3. The highest BCUT2D eigenvalue weighted by atomic mass is 79.9. The summed E-state index contributed by atoms with van der Waals surface area (Å²) in [6, 6.07) is 7.86. The van der Waals surface area contributed by atoms with Crippen LogP contribution in [0.15, 0.2) is 34.8 Å². The van der Waals surface area contributed by atoms with E-state index in [1.54, 1.807) is 18.2 Å². The summed E-state index contributed by atoms with van der Waals surface area (Å²) < 4.78 is 25.7. The van der Waals surface area contributed by atoms with Crippen molar-refractivity contribution in [3.8, 4) is 11.5 Å². The lowest BCUT2D eigenvalue weighted by atomic mass is 10.1. The molecular formula is C17H16BrClFNO4. The fourth-order valence-corrected chi connectivity index (χ4v) is 2.84. The van der Waals surface area contributed by atoms with Gasteiger partial charge in [-0.1, -0.05) is 33.6 Å². The lowest BCUT2D eigenvalue weighted by molar-refractivity contribution is -0.136. The summed E-state index contributed by atoms with van der Waals surface area (Å²) in [5.41, 5.74) is 0.892. The molecule has 0 amide bonds. The molecule has 0 heterocycles. The van der Waals surface area contributed by atoms with Gasteiger partial charge in [-0.15, -0.1) is 0 Å². The number of benzene rings is 2. The van der Waals surface area contributed by atoms with Crippen molar-refractivity contribution < 1.29 is 23.8 Å². The van der Waals surface area contributed by atoms with Crippen LogP contribution in [0.4, 0.5) is 4.39 Å². The Morgan fingerprint density at radius 2 is 2.08 bits per heavy atom. The Morgan fingerprint density at radius 3 is 2.72 bits per heavy atom. The second kappa shape index (κ2) is 9.03. The quantitative estimate of drug-likeness (QED) is 0.660. The third-order valence-corrected chi connectivity index (χ3v) is 4.48. The van der Waals surface area contributed by atoms with Crippen LogP contribution in [0.1, 0.15) is 11.1 Å².